The summed E-state index contributed by atoms with van der Waals surface area (Å²) in [5, 5.41) is 22.2. The molecule has 0 saturated heterocycles. The number of nitrogens with one attached hydrogen (secondary N) is 2. The van der Waals surface area contributed by atoms with Crippen LogP contribution in [0.5, 0.6) is 5.75 Å². The molecule has 0 spiro atoms. The van der Waals surface area contributed by atoms with Gasteiger partial charge in [-0.15, -0.1) is 0 Å². The van der Waals surface area contributed by atoms with E-state index in [9.17, 15) is 9.59 Å². The maximum absolute atomic E-state index is 11.6. The third kappa shape index (κ3) is 5.70. The van der Waals surface area contributed by atoms with E-state index in [-0.39, 0.29) is 6.10 Å². The Hall–Kier alpha value is -2.28. The number of carboxylic acid groups (broad SMARTS) is 1. The molecule has 1 unspecified atom stereocenters. The fourth-order valence-electron chi connectivity index (χ4n) is 1.47. The van der Waals surface area contributed by atoms with Gasteiger partial charge in [0.05, 0.1) is 12.7 Å². The van der Waals surface area contributed by atoms with Gasteiger partial charge >= 0.3 is 12.0 Å². The highest BCUT2D eigenvalue weighted by Crippen LogP contribution is 2.19. The van der Waals surface area contributed by atoms with Crippen molar-refractivity contribution < 1.29 is 24.5 Å². The number of aliphatic hydroxyl groups is 1. The van der Waals surface area contributed by atoms with Crippen LogP contribution in [0, 0.1) is 0 Å². The number of ether oxygens (including phenoxy) is 1. The van der Waals surface area contributed by atoms with Gasteiger partial charge < -0.3 is 25.6 Å². The number of benzene rings is 1. The summed E-state index contributed by atoms with van der Waals surface area (Å²) in [6, 6.07) is 4.72. The highest BCUT2D eigenvalue weighted by Gasteiger charge is 2.18. The third-order valence-electron chi connectivity index (χ3n) is 2.79. The Bertz CT molecular complexity index is 492. The number of aliphatic hydroxyl groups excluding tert-OH is 1. The highest BCUT2D eigenvalue weighted by molar-refractivity contribution is 5.92. The first kappa shape index (κ1) is 16.8. The summed E-state index contributed by atoms with van der Waals surface area (Å²) in [5.74, 6) is -0.694. The van der Waals surface area contributed by atoms with E-state index in [0.717, 1.165) is 6.42 Å². The van der Waals surface area contributed by atoms with Gasteiger partial charge in [-0.2, -0.15) is 0 Å². The normalized spacial score (nSPS) is 13.1. The summed E-state index contributed by atoms with van der Waals surface area (Å²) in [4.78, 5) is 22.3. The van der Waals surface area contributed by atoms with E-state index in [2.05, 4.69) is 10.6 Å². The summed E-state index contributed by atoms with van der Waals surface area (Å²) in [5.41, 5.74) is 0.468. The minimum Gasteiger partial charge on any atom is -0.491 e. The second kappa shape index (κ2) is 8.11. The molecule has 1 rings (SSSR count). The lowest BCUT2D eigenvalue weighted by Crippen LogP contribution is -2.45. The zero-order chi connectivity index (χ0) is 15.8. The average molecular weight is 296 g/mol. The standard InChI is InChI=1S/C14H20N2O5/c1-3-9(2)21-11-6-4-5-10(7-11)15-14(20)16-12(8-17)13(18)19/h4-7,9,12,17H,3,8H2,1-2H3,(H,18,19)(H2,15,16,20)/t9?,12-/m1/s1. The number of aliphatic carboxylic acids is 1. The van der Waals surface area contributed by atoms with Crippen molar-refractivity contribution in [1.82, 2.24) is 5.32 Å². The number of anilines is 1. The Morgan fingerprint density at radius 1 is 1.38 bits per heavy atom. The summed E-state index contributed by atoms with van der Waals surface area (Å²) in [6.45, 7) is 3.26. The van der Waals surface area contributed by atoms with Crippen LogP contribution >= 0.6 is 0 Å². The molecule has 0 bridgehead atoms. The topological polar surface area (TPSA) is 108 Å². The molecule has 0 aliphatic carbocycles. The summed E-state index contributed by atoms with van der Waals surface area (Å²) in [7, 11) is 0. The molecule has 2 amide bonds. The lowest BCUT2D eigenvalue weighted by Gasteiger charge is -2.15. The predicted octanol–water partition coefficient (Wildman–Crippen LogP) is 1.43. The van der Waals surface area contributed by atoms with Crippen molar-refractivity contribution in [2.45, 2.75) is 32.4 Å². The minimum absolute atomic E-state index is 0.0554. The van der Waals surface area contributed by atoms with E-state index >= 15 is 0 Å². The van der Waals surface area contributed by atoms with Gasteiger partial charge in [0.2, 0.25) is 0 Å². The molecule has 2 atom stereocenters. The van der Waals surface area contributed by atoms with Crippen molar-refractivity contribution in [3.63, 3.8) is 0 Å². The van der Waals surface area contributed by atoms with E-state index < -0.39 is 24.6 Å². The molecule has 7 nitrogen and oxygen atoms in total. The molecule has 0 aliphatic heterocycles. The van der Waals surface area contributed by atoms with Gasteiger partial charge in [-0.3, -0.25) is 0 Å². The largest absolute Gasteiger partial charge is 0.491 e. The van der Waals surface area contributed by atoms with Crippen LogP contribution in [0.2, 0.25) is 0 Å². The first-order chi connectivity index (χ1) is 9.96. The molecule has 0 heterocycles. The van der Waals surface area contributed by atoms with Crippen LogP contribution in [0.3, 0.4) is 0 Å². The summed E-state index contributed by atoms with van der Waals surface area (Å²) < 4.78 is 5.62. The van der Waals surface area contributed by atoms with Crippen LogP contribution in [0.1, 0.15) is 20.3 Å². The van der Waals surface area contributed by atoms with E-state index in [1.807, 2.05) is 13.8 Å². The molecule has 21 heavy (non-hydrogen) atoms. The molecule has 0 radical (unpaired) electrons. The van der Waals surface area contributed by atoms with Gasteiger partial charge in [-0.05, 0) is 25.5 Å². The van der Waals surface area contributed by atoms with Gasteiger partial charge in [-0.25, -0.2) is 9.59 Å². The lowest BCUT2D eigenvalue weighted by atomic mass is 10.2. The SMILES string of the molecule is CCC(C)Oc1cccc(NC(=O)N[C@H](CO)C(=O)O)c1. The Labute approximate surface area is 122 Å². The van der Waals surface area contributed by atoms with Crippen LogP contribution in [0.4, 0.5) is 10.5 Å². The van der Waals surface area contributed by atoms with Crippen molar-refractivity contribution in [3.05, 3.63) is 24.3 Å². The number of urea groups is 1. The molecule has 0 fully saturated rings. The number of hydrogen-bond donors (Lipinski definition) is 4. The van der Waals surface area contributed by atoms with Gasteiger partial charge in [0.1, 0.15) is 5.75 Å². The molecular formula is C14H20N2O5. The van der Waals surface area contributed by atoms with E-state index in [1.165, 1.54) is 0 Å². The molecule has 0 saturated carbocycles. The van der Waals surface area contributed by atoms with Crippen LogP contribution < -0.4 is 15.4 Å². The van der Waals surface area contributed by atoms with E-state index in [0.29, 0.717) is 11.4 Å². The van der Waals surface area contributed by atoms with Crippen molar-refractivity contribution in [3.8, 4) is 5.75 Å². The lowest BCUT2D eigenvalue weighted by molar-refractivity contribution is -0.140. The van der Waals surface area contributed by atoms with Crippen molar-refractivity contribution in [2.24, 2.45) is 0 Å². The molecule has 0 aromatic heterocycles. The monoisotopic (exact) mass is 296 g/mol. The van der Waals surface area contributed by atoms with Crippen LogP contribution in [-0.2, 0) is 4.79 Å². The fraction of sp³-hybridized carbons (Fsp3) is 0.429. The smallest absolute Gasteiger partial charge is 0.328 e. The predicted molar refractivity (Wildman–Crippen MR) is 77.5 cm³/mol. The zero-order valence-electron chi connectivity index (χ0n) is 12.0. The summed E-state index contributed by atoms with van der Waals surface area (Å²) in [6.07, 6.45) is 0.912. The maximum Gasteiger partial charge on any atom is 0.328 e. The second-order valence-electron chi connectivity index (χ2n) is 4.54. The maximum atomic E-state index is 11.6. The van der Waals surface area contributed by atoms with Gasteiger partial charge in [-0.1, -0.05) is 13.0 Å². The molecule has 7 heteroatoms. The van der Waals surface area contributed by atoms with E-state index in [1.54, 1.807) is 24.3 Å². The fourth-order valence-corrected chi connectivity index (χ4v) is 1.47. The Morgan fingerprint density at radius 3 is 2.67 bits per heavy atom. The van der Waals surface area contributed by atoms with Crippen molar-refractivity contribution in [2.75, 3.05) is 11.9 Å². The number of carboxylic acids is 1. The number of hydrogen-bond acceptors (Lipinski definition) is 4. The number of carbonyl (C=O) groups is 2. The van der Waals surface area contributed by atoms with Gasteiger partial charge in [0.15, 0.2) is 6.04 Å². The Balaban J connectivity index is 2.64. The molecule has 1 aromatic rings. The number of rotatable bonds is 7. The quantitative estimate of drug-likeness (QED) is 0.609. The van der Waals surface area contributed by atoms with Gasteiger partial charge in [0.25, 0.3) is 0 Å². The van der Waals surface area contributed by atoms with Crippen LogP contribution in [-0.4, -0.2) is 41.0 Å². The molecule has 4 N–H and O–H groups in total. The van der Waals surface area contributed by atoms with E-state index in [4.69, 9.17) is 14.9 Å². The molecular weight excluding hydrogens is 276 g/mol. The van der Waals surface area contributed by atoms with Crippen LogP contribution in [0.15, 0.2) is 24.3 Å². The Morgan fingerprint density at radius 2 is 2.10 bits per heavy atom. The molecule has 1 aromatic carbocycles. The number of carbonyl (C=O) groups excluding carboxylic acids is 1. The summed E-state index contributed by atoms with van der Waals surface area (Å²) >= 11 is 0. The van der Waals surface area contributed by atoms with Gasteiger partial charge in [0, 0.05) is 11.8 Å². The third-order valence-corrected chi connectivity index (χ3v) is 2.79. The van der Waals surface area contributed by atoms with Crippen LogP contribution in [0.25, 0.3) is 0 Å². The van der Waals surface area contributed by atoms with Crippen molar-refractivity contribution >= 4 is 17.7 Å². The number of amides is 2. The average Bonchev–Trinajstić information content (AvgIpc) is 2.44. The first-order valence-corrected chi connectivity index (χ1v) is 6.64. The molecule has 116 valence electrons. The second-order valence-corrected chi connectivity index (χ2v) is 4.54. The van der Waals surface area contributed by atoms with Crippen molar-refractivity contribution in [1.29, 1.82) is 0 Å². The zero-order valence-corrected chi connectivity index (χ0v) is 12.0. The first-order valence-electron chi connectivity index (χ1n) is 6.64. The minimum atomic E-state index is -1.34. The highest BCUT2D eigenvalue weighted by atomic mass is 16.5. The molecule has 0 aliphatic rings. The Kier molecular flexibility index (Phi) is 6.48.